The number of nitrogens with zero attached hydrogens (tertiary/aromatic N) is 1. The zero-order valence-corrected chi connectivity index (χ0v) is 10.6. The highest BCUT2D eigenvalue weighted by molar-refractivity contribution is 5.98. The highest BCUT2D eigenvalue weighted by Crippen LogP contribution is 2.38. The van der Waals surface area contributed by atoms with Gasteiger partial charge >= 0.3 is 5.97 Å². The molecule has 1 aromatic rings. The SMILES string of the molecule is CC1(C)Cc2ccccc2N1C(=O)CCC(=O)O. The largest absolute Gasteiger partial charge is 0.481 e. The van der Waals surface area contributed by atoms with Crippen molar-refractivity contribution in [3.8, 4) is 0 Å². The van der Waals surface area contributed by atoms with Crippen LogP contribution in [0.15, 0.2) is 24.3 Å². The molecule has 1 N–H and O–H groups in total. The molecular weight excluding hydrogens is 230 g/mol. The number of amides is 1. The third kappa shape index (κ3) is 2.23. The van der Waals surface area contributed by atoms with Crippen LogP contribution >= 0.6 is 0 Å². The molecule has 1 aliphatic heterocycles. The van der Waals surface area contributed by atoms with Crippen LogP contribution < -0.4 is 4.90 Å². The van der Waals surface area contributed by atoms with Crippen LogP contribution in [0.1, 0.15) is 32.3 Å². The van der Waals surface area contributed by atoms with Gasteiger partial charge in [0.05, 0.1) is 6.42 Å². The first-order valence-electron chi connectivity index (χ1n) is 6.04. The predicted molar refractivity (Wildman–Crippen MR) is 68.6 cm³/mol. The standard InChI is InChI=1S/C14H17NO3/c1-14(2)9-10-5-3-4-6-11(10)15(14)12(16)7-8-13(17)18/h3-6H,7-9H2,1-2H3,(H,17,18). The maximum atomic E-state index is 12.2. The molecule has 0 saturated heterocycles. The van der Waals surface area contributed by atoms with Crippen molar-refractivity contribution >= 4 is 17.6 Å². The second-order valence-corrected chi connectivity index (χ2v) is 5.24. The van der Waals surface area contributed by atoms with Gasteiger partial charge in [-0.25, -0.2) is 0 Å². The van der Waals surface area contributed by atoms with Crippen molar-refractivity contribution in [2.75, 3.05) is 4.90 Å². The second-order valence-electron chi connectivity index (χ2n) is 5.24. The molecule has 1 aliphatic rings. The van der Waals surface area contributed by atoms with Gasteiger partial charge in [0.1, 0.15) is 0 Å². The smallest absolute Gasteiger partial charge is 0.303 e. The number of hydrogen-bond acceptors (Lipinski definition) is 2. The average molecular weight is 247 g/mol. The molecule has 1 aromatic carbocycles. The minimum atomic E-state index is -0.936. The van der Waals surface area contributed by atoms with Crippen LogP contribution in [-0.4, -0.2) is 22.5 Å². The van der Waals surface area contributed by atoms with E-state index in [9.17, 15) is 9.59 Å². The summed E-state index contributed by atoms with van der Waals surface area (Å²) in [6.45, 7) is 4.01. The van der Waals surface area contributed by atoms with Crippen LogP contribution in [0.3, 0.4) is 0 Å². The van der Waals surface area contributed by atoms with Gasteiger partial charge in [0.15, 0.2) is 0 Å². The molecule has 1 heterocycles. The Morgan fingerprint density at radius 1 is 1.28 bits per heavy atom. The van der Waals surface area contributed by atoms with E-state index in [1.54, 1.807) is 4.90 Å². The first kappa shape index (κ1) is 12.6. The molecule has 18 heavy (non-hydrogen) atoms. The molecule has 96 valence electrons. The van der Waals surface area contributed by atoms with Crippen molar-refractivity contribution in [3.63, 3.8) is 0 Å². The van der Waals surface area contributed by atoms with Crippen LogP contribution in [0.4, 0.5) is 5.69 Å². The molecule has 0 aromatic heterocycles. The number of carbonyl (C=O) groups excluding carboxylic acids is 1. The maximum absolute atomic E-state index is 12.2. The highest BCUT2D eigenvalue weighted by Gasteiger charge is 2.39. The molecule has 0 saturated carbocycles. The van der Waals surface area contributed by atoms with Crippen molar-refractivity contribution < 1.29 is 14.7 Å². The molecule has 0 atom stereocenters. The third-order valence-corrected chi connectivity index (χ3v) is 3.26. The summed E-state index contributed by atoms with van der Waals surface area (Å²) in [4.78, 5) is 24.5. The zero-order chi connectivity index (χ0) is 13.3. The molecule has 1 amide bonds. The molecule has 0 fully saturated rings. The number of rotatable bonds is 3. The van der Waals surface area contributed by atoms with E-state index in [0.29, 0.717) is 0 Å². The van der Waals surface area contributed by atoms with Gasteiger partial charge in [0.2, 0.25) is 5.91 Å². The van der Waals surface area contributed by atoms with Crippen LogP contribution in [0.2, 0.25) is 0 Å². The third-order valence-electron chi connectivity index (χ3n) is 3.26. The van der Waals surface area contributed by atoms with Crippen molar-refractivity contribution in [1.82, 2.24) is 0 Å². The summed E-state index contributed by atoms with van der Waals surface area (Å²) < 4.78 is 0. The Balaban J connectivity index is 2.25. The van der Waals surface area contributed by atoms with Gasteiger partial charge in [-0.05, 0) is 31.9 Å². The summed E-state index contributed by atoms with van der Waals surface area (Å²) in [6, 6.07) is 7.79. The van der Waals surface area contributed by atoms with E-state index in [1.165, 1.54) is 0 Å². The minimum absolute atomic E-state index is 0.0487. The van der Waals surface area contributed by atoms with Crippen LogP contribution in [0.25, 0.3) is 0 Å². The van der Waals surface area contributed by atoms with Crippen molar-refractivity contribution in [3.05, 3.63) is 29.8 Å². The molecule has 2 rings (SSSR count). The van der Waals surface area contributed by atoms with E-state index in [-0.39, 0.29) is 24.3 Å². The Hall–Kier alpha value is -1.84. The van der Waals surface area contributed by atoms with E-state index in [0.717, 1.165) is 17.7 Å². The number of anilines is 1. The van der Waals surface area contributed by atoms with Gasteiger partial charge in [-0.2, -0.15) is 0 Å². The Morgan fingerprint density at radius 3 is 2.61 bits per heavy atom. The number of hydrogen-bond donors (Lipinski definition) is 1. The summed E-state index contributed by atoms with van der Waals surface area (Å²) in [6.07, 6.45) is 0.739. The summed E-state index contributed by atoms with van der Waals surface area (Å²) in [5, 5.41) is 8.66. The lowest BCUT2D eigenvalue weighted by atomic mass is 9.99. The normalized spacial score (nSPS) is 16.4. The summed E-state index contributed by atoms with van der Waals surface area (Å²) in [5.41, 5.74) is 1.78. The Labute approximate surface area is 106 Å². The summed E-state index contributed by atoms with van der Waals surface area (Å²) in [5.74, 6) is -1.05. The number of para-hydroxylation sites is 1. The van der Waals surface area contributed by atoms with Crippen LogP contribution in [-0.2, 0) is 16.0 Å². The Bertz CT molecular complexity index is 494. The monoisotopic (exact) mass is 247 g/mol. The molecule has 0 bridgehead atoms. The van der Waals surface area contributed by atoms with E-state index in [2.05, 4.69) is 0 Å². The molecule has 0 unspecified atom stereocenters. The van der Waals surface area contributed by atoms with Crippen LogP contribution in [0.5, 0.6) is 0 Å². The van der Waals surface area contributed by atoms with E-state index >= 15 is 0 Å². The number of benzene rings is 1. The summed E-state index contributed by atoms with van der Waals surface area (Å²) in [7, 11) is 0. The number of carbonyl (C=O) groups is 2. The molecule has 4 nitrogen and oxygen atoms in total. The maximum Gasteiger partial charge on any atom is 0.303 e. The molecular formula is C14H17NO3. The first-order chi connectivity index (χ1) is 8.42. The van der Waals surface area contributed by atoms with Gasteiger partial charge < -0.3 is 10.0 Å². The topological polar surface area (TPSA) is 57.6 Å². The van der Waals surface area contributed by atoms with Gasteiger partial charge in [-0.3, -0.25) is 9.59 Å². The van der Waals surface area contributed by atoms with Gasteiger partial charge in [-0.1, -0.05) is 18.2 Å². The van der Waals surface area contributed by atoms with Crippen molar-refractivity contribution in [1.29, 1.82) is 0 Å². The molecule has 4 heteroatoms. The number of aliphatic carboxylic acids is 1. The lowest BCUT2D eigenvalue weighted by Gasteiger charge is -2.32. The average Bonchev–Trinajstić information content (AvgIpc) is 2.55. The van der Waals surface area contributed by atoms with E-state index in [4.69, 9.17) is 5.11 Å². The van der Waals surface area contributed by atoms with Crippen LogP contribution in [0, 0.1) is 0 Å². The lowest BCUT2D eigenvalue weighted by molar-refractivity contribution is -0.138. The van der Waals surface area contributed by atoms with E-state index < -0.39 is 5.97 Å². The fourth-order valence-corrected chi connectivity index (χ4v) is 2.55. The molecule has 0 radical (unpaired) electrons. The summed E-state index contributed by atoms with van der Waals surface area (Å²) >= 11 is 0. The van der Waals surface area contributed by atoms with Crippen molar-refractivity contribution in [2.24, 2.45) is 0 Å². The molecule has 0 aliphatic carbocycles. The second kappa shape index (κ2) is 4.44. The highest BCUT2D eigenvalue weighted by atomic mass is 16.4. The number of carboxylic acid groups (broad SMARTS) is 1. The van der Waals surface area contributed by atoms with Gasteiger partial charge in [-0.15, -0.1) is 0 Å². The zero-order valence-electron chi connectivity index (χ0n) is 10.6. The fraction of sp³-hybridized carbons (Fsp3) is 0.429. The number of carboxylic acids is 1. The van der Waals surface area contributed by atoms with Crippen molar-refractivity contribution in [2.45, 2.75) is 38.6 Å². The Morgan fingerprint density at radius 2 is 1.94 bits per heavy atom. The lowest BCUT2D eigenvalue weighted by Crippen LogP contribution is -2.45. The first-order valence-corrected chi connectivity index (χ1v) is 6.04. The molecule has 0 spiro atoms. The van der Waals surface area contributed by atoms with E-state index in [1.807, 2.05) is 38.1 Å². The minimum Gasteiger partial charge on any atom is -0.481 e. The Kier molecular flexibility index (Phi) is 3.11. The number of fused-ring (bicyclic) bond motifs is 1. The van der Waals surface area contributed by atoms with Gasteiger partial charge in [0.25, 0.3) is 0 Å². The van der Waals surface area contributed by atoms with Gasteiger partial charge in [0, 0.05) is 17.6 Å². The fourth-order valence-electron chi connectivity index (χ4n) is 2.55. The quantitative estimate of drug-likeness (QED) is 0.891. The predicted octanol–water partition coefficient (Wildman–Crippen LogP) is 2.22.